The Hall–Kier alpha value is -4.25. The van der Waals surface area contributed by atoms with Gasteiger partial charge >= 0.3 is 0 Å². The van der Waals surface area contributed by atoms with Crippen molar-refractivity contribution in [2.75, 3.05) is 0 Å². The summed E-state index contributed by atoms with van der Waals surface area (Å²) >= 11 is 1.80. The first-order chi connectivity index (χ1) is 23.7. The predicted molar refractivity (Wildman–Crippen MR) is 208 cm³/mol. The SMILES string of the molecule is CCCCc1ccc(-c2cc3c4c(c(-c5ccc(CCCC)cc5)cc5c4c2N=C(c2ccccc2)S5)N=S3Cc2ccccc2)cc1. The third kappa shape index (κ3) is 5.97. The molecule has 1 atom stereocenters. The minimum absolute atomic E-state index is 0.319. The third-order valence-corrected chi connectivity index (χ3v) is 12.4. The van der Waals surface area contributed by atoms with Gasteiger partial charge in [0.15, 0.2) is 0 Å². The molecule has 0 aliphatic carbocycles. The molecule has 8 rings (SSSR count). The number of unbranched alkanes of at least 4 members (excludes halogenated alkanes) is 2. The van der Waals surface area contributed by atoms with Crippen molar-refractivity contribution in [3.05, 3.63) is 144 Å². The van der Waals surface area contributed by atoms with Gasteiger partial charge in [-0.3, -0.25) is 0 Å². The van der Waals surface area contributed by atoms with Gasteiger partial charge in [0.1, 0.15) is 5.04 Å². The van der Waals surface area contributed by atoms with Crippen molar-refractivity contribution in [1.82, 2.24) is 0 Å². The molecule has 0 saturated heterocycles. The van der Waals surface area contributed by atoms with Crippen LogP contribution in [-0.2, 0) is 29.3 Å². The zero-order valence-corrected chi connectivity index (χ0v) is 29.3. The molecular formula is C44H40N2S2. The van der Waals surface area contributed by atoms with Gasteiger partial charge in [-0.2, -0.15) is 0 Å². The van der Waals surface area contributed by atoms with Crippen molar-refractivity contribution in [3.8, 4) is 22.3 Å². The van der Waals surface area contributed by atoms with Gasteiger partial charge in [0, 0.05) is 43.0 Å². The fraction of sp³-hybridized carbons (Fsp3) is 0.205. The molecule has 6 aromatic carbocycles. The molecular weight excluding hydrogens is 621 g/mol. The molecule has 1 unspecified atom stereocenters. The monoisotopic (exact) mass is 660 g/mol. The average molecular weight is 661 g/mol. The summed E-state index contributed by atoms with van der Waals surface area (Å²) < 4.78 is 5.61. The number of benzene rings is 6. The van der Waals surface area contributed by atoms with Gasteiger partial charge < -0.3 is 0 Å². The second-order valence-corrected chi connectivity index (χ2v) is 15.5. The first-order valence-corrected chi connectivity index (χ1v) is 19.5. The highest BCUT2D eigenvalue weighted by Crippen LogP contribution is 2.56. The lowest BCUT2D eigenvalue weighted by Crippen LogP contribution is -2.02. The summed E-state index contributed by atoms with van der Waals surface area (Å²) in [5.74, 6) is 0.899. The molecule has 4 heteroatoms. The van der Waals surface area contributed by atoms with Crippen LogP contribution in [0, 0.1) is 0 Å². The quantitative estimate of drug-likeness (QED) is 0.136. The van der Waals surface area contributed by atoms with E-state index in [0.717, 1.165) is 40.6 Å². The lowest BCUT2D eigenvalue weighted by atomic mass is 9.92. The number of rotatable bonds is 11. The number of aliphatic imine (C=N–C) groups is 1. The number of hydrogen-bond donors (Lipinski definition) is 0. The highest BCUT2D eigenvalue weighted by atomic mass is 32.2. The molecule has 2 nitrogen and oxygen atoms in total. The summed E-state index contributed by atoms with van der Waals surface area (Å²) in [6.07, 6.45) is 7.09. The minimum Gasteiger partial charge on any atom is -0.240 e. The molecule has 48 heavy (non-hydrogen) atoms. The molecule has 2 aliphatic rings. The van der Waals surface area contributed by atoms with Gasteiger partial charge in [-0.05, 0) is 65.6 Å². The Balaban J connectivity index is 1.36. The Kier molecular flexibility index (Phi) is 8.86. The predicted octanol–water partition coefficient (Wildman–Crippen LogP) is 13.0. The van der Waals surface area contributed by atoms with E-state index in [9.17, 15) is 0 Å². The molecule has 0 spiro atoms. The van der Waals surface area contributed by atoms with Gasteiger partial charge in [-0.25, -0.2) is 9.36 Å². The summed E-state index contributed by atoms with van der Waals surface area (Å²) in [7, 11) is -0.319. The molecule has 6 aromatic rings. The zero-order valence-electron chi connectivity index (χ0n) is 27.7. The maximum Gasteiger partial charge on any atom is 0.109 e. The van der Waals surface area contributed by atoms with Crippen LogP contribution >= 0.6 is 11.8 Å². The van der Waals surface area contributed by atoms with Gasteiger partial charge in [-0.1, -0.05) is 158 Å². The molecule has 0 bridgehead atoms. The molecule has 0 amide bonds. The second kappa shape index (κ2) is 13.7. The number of hydrogen-bond acceptors (Lipinski definition) is 3. The van der Waals surface area contributed by atoms with E-state index in [-0.39, 0.29) is 10.7 Å². The maximum atomic E-state index is 5.61. The van der Waals surface area contributed by atoms with Crippen LogP contribution in [0.1, 0.15) is 61.8 Å². The molecule has 2 aliphatic heterocycles. The summed E-state index contributed by atoms with van der Waals surface area (Å²) in [6.45, 7) is 4.52. The molecule has 0 saturated carbocycles. The van der Waals surface area contributed by atoms with Gasteiger partial charge in [0.2, 0.25) is 0 Å². The number of thioether (sulfide) groups is 1. The van der Waals surface area contributed by atoms with Crippen molar-refractivity contribution in [2.45, 2.75) is 67.9 Å². The minimum atomic E-state index is -0.319. The Morgan fingerprint density at radius 3 is 1.75 bits per heavy atom. The molecule has 0 N–H and O–H groups in total. The molecule has 0 aromatic heterocycles. The first-order valence-electron chi connectivity index (χ1n) is 17.3. The van der Waals surface area contributed by atoms with Gasteiger partial charge in [-0.15, -0.1) is 0 Å². The van der Waals surface area contributed by atoms with Crippen molar-refractivity contribution in [1.29, 1.82) is 0 Å². The van der Waals surface area contributed by atoms with Gasteiger partial charge in [0.25, 0.3) is 0 Å². The van der Waals surface area contributed by atoms with Crippen LogP contribution in [0.2, 0.25) is 0 Å². The topological polar surface area (TPSA) is 24.7 Å². The van der Waals surface area contributed by atoms with Crippen LogP contribution in [0.15, 0.2) is 140 Å². The highest BCUT2D eigenvalue weighted by Gasteiger charge is 2.31. The zero-order chi connectivity index (χ0) is 32.5. The van der Waals surface area contributed by atoms with Gasteiger partial charge in [0.05, 0.1) is 11.4 Å². The smallest absolute Gasteiger partial charge is 0.109 e. The third-order valence-electron chi connectivity index (χ3n) is 9.49. The van der Waals surface area contributed by atoms with Crippen LogP contribution in [0.5, 0.6) is 0 Å². The van der Waals surface area contributed by atoms with Crippen molar-refractivity contribution in [2.24, 2.45) is 9.36 Å². The van der Waals surface area contributed by atoms with E-state index in [1.165, 1.54) is 85.2 Å². The largest absolute Gasteiger partial charge is 0.240 e. The highest BCUT2D eigenvalue weighted by molar-refractivity contribution is 8.14. The summed E-state index contributed by atoms with van der Waals surface area (Å²) in [6, 6.07) is 44.9. The fourth-order valence-corrected chi connectivity index (χ4v) is 9.85. The average Bonchev–Trinajstić information content (AvgIpc) is 3.51. The first kappa shape index (κ1) is 31.0. The maximum absolute atomic E-state index is 5.61. The standard InChI is InChI=1S/C44H40N2S2/c1-3-5-13-30-19-23-33(24-20-30)36-27-38-40-41-39(48(46-43(36)41)29-32-15-9-7-10-16-32)28-37(34-25-21-31(22-26-34)14-6-4-2)42(40)45-44(47-38)35-17-11-8-12-18-35/h7-12,15-28H,3-6,13-14,29H2,1-2H3. The van der Waals surface area contributed by atoms with Crippen molar-refractivity contribution in [3.63, 3.8) is 0 Å². The molecule has 0 radical (unpaired) electrons. The van der Waals surface area contributed by atoms with E-state index in [1.54, 1.807) is 11.8 Å². The van der Waals surface area contributed by atoms with Crippen LogP contribution < -0.4 is 0 Å². The Labute approximate surface area is 291 Å². The van der Waals surface area contributed by atoms with Crippen LogP contribution in [0.25, 0.3) is 33.0 Å². The molecule has 0 fully saturated rings. The lowest BCUT2D eigenvalue weighted by molar-refractivity contribution is 0.795. The van der Waals surface area contributed by atoms with Crippen molar-refractivity contribution >= 4 is 49.6 Å². The van der Waals surface area contributed by atoms with Crippen LogP contribution in [0.3, 0.4) is 0 Å². The Morgan fingerprint density at radius 2 is 1.15 bits per heavy atom. The van der Waals surface area contributed by atoms with E-state index in [0.29, 0.717) is 0 Å². The van der Waals surface area contributed by atoms with E-state index in [4.69, 9.17) is 9.36 Å². The van der Waals surface area contributed by atoms with E-state index >= 15 is 0 Å². The summed E-state index contributed by atoms with van der Waals surface area (Å²) in [4.78, 5) is 8.10. The Morgan fingerprint density at radius 1 is 0.562 bits per heavy atom. The van der Waals surface area contributed by atoms with E-state index < -0.39 is 0 Å². The summed E-state index contributed by atoms with van der Waals surface area (Å²) in [5.41, 5.74) is 12.4. The second-order valence-electron chi connectivity index (χ2n) is 12.9. The number of aryl methyl sites for hydroxylation is 2. The van der Waals surface area contributed by atoms with E-state index in [1.807, 2.05) is 0 Å². The van der Waals surface area contributed by atoms with Crippen molar-refractivity contribution < 1.29 is 0 Å². The molecule has 2 heterocycles. The van der Waals surface area contributed by atoms with Crippen LogP contribution in [-0.4, -0.2) is 5.04 Å². The number of nitrogens with zero attached hydrogens (tertiary/aromatic N) is 2. The normalized spacial score (nSPS) is 14.6. The Bertz CT molecular complexity index is 2170. The van der Waals surface area contributed by atoms with Crippen LogP contribution in [0.4, 0.5) is 11.4 Å². The summed E-state index contributed by atoms with van der Waals surface area (Å²) in [5, 5.41) is 3.59. The van der Waals surface area contributed by atoms with E-state index in [2.05, 4.69) is 135 Å². The molecule has 238 valence electrons. The fourth-order valence-electron chi connectivity index (χ4n) is 6.84. The lowest BCUT2D eigenvalue weighted by Gasteiger charge is -2.22.